The van der Waals surface area contributed by atoms with E-state index in [1.54, 1.807) is 34.9 Å². The third kappa shape index (κ3) is 5.38. The third-order valence-corrected chi connectivity index (χ3v) is 10.3. The SMILES string of the molecule is COC(=O)c1c(Cc2ccc(C(=O)NC3C4CC5C[C@@H]3CC(OC(C)=O)(C5)C4)cc2)c(=O)c2ccc(Cl)cc2n1-c1ccccc1. The van der Waals surface area contributed by atoms with Gasteiger partial charge in [0.05, 0.1) is 12.6 Å². The topological polar surface area (TPSA) is 104 Å². The number of aromatic nitrogens is 1. The first-order valence-corrected chi connectivity index (χ1v) is 16.1. The number of nitrogens with zero attached hydrogens (tertiary/aromatic N) is 1. The van der Waals surface area contributed by atoms with Gasteiger partial charge in [-0.1, -0.05) is 41.9 Å². The molecule has 5 atom stereocenters. The predicted molar refractivity (Wildman–Crippen MR) is 174 cm³/mol. The summed E-state index contributed by atoms with van der Waals surface area (Å²) in [4.78, 5) is 52.5. The van der Waals surface area contributed by atoms with E-state index in [1.165, 1.54) is 14.0 Å². The summed E-state index contributed by atoms with van der Waals surface area (Å²) < 4.78 is 12.8. The molecule has 4 aliphatic carbocycles. The quantitative estimate of drug-likeness (QED) is 0.240. The summed E-state index contributed by atoms with van der Waals surface area (Å²) in [6.07, 6.45) is 4.77. The fourth-order valence-electron chi connectivity index (χ4n) is 8.56. The number of pyridine rings is 1. The molecule has 4 saturated carbocycles. The van der Waals surface area contributed by atoms with Gasteiger partial charge in [0.2, 0.25) is 0 Å². The highest BCUT2D eigenvalue weighted by molar-refractivity contribution is 6.31. The minimum atomic E-state index is -0.639. The Kier molecular flexibility index (Phi) is 7.71. The lowest BCUT2D eigenvalue weighted by atomic mass is 9.52. The van der Waals surface area contributed by atoms with Crippen LogP contribution in [0.2, 0.25) is 5.02 Å². The highest BCUT2D eigenvalue weighted by atomic mass is 35.5. The normalized spacial score (nSPS) is 24.5. The maximum absolute atomic E-state index is 13.9. The Balaban J connectivity index is 1.17. The highest BCUT2D eigenvalue weighted by Gasteiger charge is 2.57. The summed E-state index contributed by atoms with van der Waals surface area (Å²) in [5.74, 6) is 0.112. The Labute approximate surface area is 271 Å². The number of hydrogen-bond donors (Lipinski definition) is 1. The molecule has 1 aromatic heterocycles. The molecular formula is C37H35ClN2O6. The van der Waals surface area contributed by atoms with Gasteiger partial charge in [0.25, 0.3) is 5.91 Å². The smallest absolute Gasteiger partial charge is 0.355 e. The molecule has 1 heterocycles. The largest absolute Gasteiger partial charge is 0.464 e. The molecule has 46 heavy (non-hydrogen) atoms. The van der Waals surface area contributed by atoms with E-state index in [1.807, 2.05) is 42.5 Å². The van der Waals surface area contributed by atoms with Crippen LogP contribution in [0.25, 0.3) is 16.6 Å². The molecule has 0 saturated heterocycles. The minimum Gasteiger partial charge on any atom is -0.464 e. The van der Waals surface area contributed by atoms with Gasteiger partial charge in [0.1, 0.15) is 11.3 Å². The number of carbonyl (C=O) groups is 3. The number of benzene rings is 3. The van der Waals surface area contributed by atoms with Crippen molar-refractivity contribution in [2.24, 2.45) is 17.8 Å². The van der Waals surface area contributed by atoms with Crippen molar-refractivity contribution >= 4 is 40.3 Å². The Morgan fingerprint density at radius 3 is 2.30 bits per heavy atom. The number of nitrogens with one attached hydrogen (secondary N) is 1. The van der Waals surface area contributed by atoms with Crippen LogP contribution >= 0.6 is 11.6 Å². The number of amides is 1. The van der Waals surface area contributed by atoms with Crippen molar-refractivity contribution in [3.63, 3.8) is 0 Å². The molecule has 4 unspecified atom stereocenters. The van der Waals surface area contributed by atoms with E-state index in [0.717, 1.165) is 37.7 Å². The van der Waals surface area contributed by atoms with Gasteiger partial charge in [-0.15, -0.1) is 0 Å². The third-order valence-electron chi connectivity index (χ3n) is 10.1. The van der Waals surface area contributed by atoms with E-state index >= 15 is 0 Å². The molecule has 4 bridgehead atoms. The molecule has 3 aromatic carbocycles. The van der Waals surface area contributed by atoms with Crippen LogP contribution in [0.3, 0.4) is 0 Å². The molecule has 4 aliphatic rings. The predicted octanol–water partition coefficient (Wildman–Crippen LogP) is 6.26. The van der Waals surface area contributed by atoms with Crippen LogP contribution in [-0.4, -0.2) is 41.2 Å². The van der Waals surface area contributed by atoms with Crippen molar-refractivity contribution in [2.75, 3.05) is 7.11 Å². The van der Waals surface area contributed by atoms with Gasteiger partial charge >= 0.3 is 11.9 Å². The summed E-state index contributed by atoms with van der Waals surface area (Å²) in [6.45, 7) is 1.48. The number of fused-ring (bicyclic) bond motifs is 1. The molecule has 4 aromatic rings. The van der Waals surface area contributed by atoms with E-state index in [9.17, 15) is 19.2 Å². The van der Waals surface area contributed by atoms with E-state index < -0.39 is 5.97 Å². The van der Waals surface area contributed by atoms with Crippen molar-refractivity contribution < 1.29 is 23.9 Å². The van der Waals surface area contributed by atoms with Crippen LogP contribution in [0.1, 0.15) is 71.0 Å². The van der Waals surface area contributed by atoms with E-state index in [0.29, 0.717) is 44.9 Å². The molecule has 1 N–H and O–H groups in total. The molecule has 1 amide bonds. The fraction of sp³-hybridized carbons (Fsp3) is 0.351. The monoisotopic (exact) mass is 638 g/mol. The summed E-state index contributed by atoms with van der Waals surface area (Å²) in [5, 5.41) is 4.17. The number of methoxy groups -OCH3 is 1. The Morgan fingerprint density at radius 1 is 0.957 bits per heavy atom. The molecule has 8 nitrogen and oxygen atoms in total. The lowest BCUT2D eigenvalue weighted by Crippen LogP contribution is -2.62. The molecule has 4 fully saturated rings. The van der Waals surface area contributed by atoms with Gasteiger partial charge in [0, 0.05) is 46.6 Å². The van der Waals surface area contributed by atoms with Crippen molar-refractivity contribution in [3.8, 4) is 5.69 Å². The number of rotatable bonds is 7. The van der Waals surface area contributed by atoms with Gasteiger partial charge in [-0.05, 0) is 97.9 Å². The number of para-hydroxylation sites is 1. The number of carbonyl (C=O) groups excluding carboxylic acids is 3. The zero-order valence-electron chi connectivity index (χ0n) is 25.8. The second kappa shape index (κ2) is 11.7. The first-order valence-electron chi connectivity index (χ1n) is 15.7. The van der Waals surface area contributed by atoms with Crippen LogP contribution < -0.4 is 10.7 Å². The van der Waals surface area contributed by atoms with Crippen molar-refractivity contribution in [3.05, 3.63) is 110 Å². The second-order valence-corrected chi connectivity index (χ2v) is 13.5. The summed E-state index contributed by atoms with van der Waals surface area (Å²) >= 11 is 6.35. The molecular weight excluding hydrogens is 604 g/mol. The van der Waals surface area contributed by atoms with Crippen LogP contribution in [0.15, 0.2) is 77.6 Å². The van der Waals surface area contributed by atoms with Crippen LogP contribution in [-0.2, 0) is 20.7 Å². The lowest BCUT2D eigenvalue weighted by Gasteiger charge is -2.59. The maximum Gasteiger partial charge on any atom is 0.355 e. The van der Waals surface area contributed by atoms with Crippen molar-refractivity contribution in [1.29, 1.82) is 0 Å². The first kappa shape index (κ1) is 30.2. The summed E-state index contributed by atoms with van der Waals surface area (Å²) in [6, 6.07) is 21.5. The van der Waals surface area contributed by atoms with Crippen LogP contribution in [0.5, 0.6) is 0 Å². The molecule has 0 radical (unpaired) electrons. The first-order chi connectivity index (χ1) is 22.1. The van der Waals surface area contributed by atoms with Crippen LogP contribution in [0, 0.1) is 17.8 Å². The van der Waals surface area contributed by atoms with Crippen LogP contribution in [0.4, 0.5) is 0 Å². The summed E-state index contributed by atoms with van der Waals surface area (Å²) in [5.41, 5.74) is 2.24. The zero-order valence-corrected chi connectivity index (χ0v) is 26.5. The Hall–Kier alpha value is -4.43. The highest BCUT2D eigenvalue weighted by Crippen LogP contribution is 2.57. The molecule has 0 aliphatic heterocycles. The maximum atomic E-state index is 13.9. The van der Waals surface area contributed by atoms with Gasteiger partial charge < -0.3 is 19.4 Å². The fourth-order valence-corrected chi connectivity index (χ4v) is 8.72. The second-order valence-electron chi connectivity index (χ2n) is 13.1. The Bertz CT molecular complexity index is 1900. The number of halogens is 1. The molecule has 236 valence electrons. The van der Waals surface area contributed by atoms with E-state index in [4.69, 9.17) is 21.1 Å². The molecule has 8 rings (SSSR count). The number of ether oxygens (including phenoxy) is 2. The summed E-state index contributed by atoms with van der Waals surface area (Å²) in [7, 11) is 1.29. The lowest BCUT2D eigenvalue weighted by molar-refractivity contribution is -0.188. The minimum absolute atomic E-state index is 0.0533. The van der Waals surface area contributed by atoms with E-state index in [-0.39, 0.29) is 46.6 Å². The molecule has 0 spiro atoms. The van der Waals surface area contributed by atoms with Gasteiger partial charge in [-0.3, -0.25) is 14.4 Å². The van der Waals surface area contributed by atoms with Gasteiger partial charge in [-0.25, -0.2) is 4.79 Å². The van der Waals surface area contributed by atoms with Crippen molar-refractivity contribution in [1.82, 2.24) is 9.88 Å². The van der Waals surface area contributed by atoms with Crippen molar-refractivity contribution in [2.45, 2.75) is 57.1 Å². The Morgan fingerprint density at radius 2 is 1.65 bits per heavy atom. The van der Waals surface area contributed by atoms with Gasteiger partial charge in [-0.2, -0.15) is 0 Å². The standard InChI is InChI=1S/C37H35ClN2O6/c1-21(41)46-37-18-23-14-25(19-37)32(26(15-23)20-37)39-35(43)24-10-8-22(9-11-24)16-30-33(36(44)45-2)40(28-6-4-3-5-7-28)31-17-27(38)12-13-29(31)34(30)42/h3-13,17,23,25-26,32H,14-16,18-20H2,1-2H3,(H,39,43)/t23?,25-,26?,32?,37?/m1/s1. The average molecular weight is 639 g/mol. The number of esters is 2. The average Bonchev–Trinajstić information content (AvgIpc) is 3.03. The van der Waals surface area contributed by atoms with E-state index in [2.05, 4.69) is 5.32 Å². The number of hydrogen-bond acceptors (Lipinski definition) is 6. The molecule has 9 heteroatoms. The van der Waals surface area contributed by atoms with Gasteiger partial charge in [0.15, 0.2) is 5.43 Å². The zero-order chi connectivity index (χ0) is 32.2.